The van der Waals surface area contributed by atoms with E-state index in [1.54, 1.807) is 11.3 Å². The lowest BCUT2D eigenvalue weighted by Crippen LogP contribution is -2.25. The predicted octanol–water partition coefficient (Wildman–Crippen LogP) is 3.14. The van der Waals surface area contributed by atoms with Crippen LogP contribution in [0, 0.1) is 19.3 Å². The molecule has 1 rings (SSSR count). The fourth-order valence-electron chi connectivity index (χ4n) is 1.98. The first kappa shape index (κ1) is 16.2. The molecule has 4 heteroatoms. The molecule has 1 amide bonds. The second-order valence-corrected chi connectivity index (χ2v) is 7.27. The van der Waals surface area contributed by atoms with E-state index in [4.69, 9.17) is 5.73 Å². The number of aryl methyl sites for hydroxylation is 2. The van der Waals surface area contributed by atoms with Crippen molar-refractivity contribution < 1.29 is 4.79 Å². The van der Waals surface area contributed by atoms with Crippen LogP contribution in [0.25, 0.3) is 0 Å². The molecule has 0 saturated carbocycles. The standard InChI is InChI=1S/C15H26N2OS/c1-11-9-13(19-12(11)2)10-17-14(18)5-6-15(3,4)7-8-16/h9H,5-8,10,16H2,1-4H3,(H,17,18). The van der Waals surface area contributed by atoms with Gasteiger partial charge in [-0.2, -0.15) is 0 Å². The van der Waals surface area contributed by atoms with Gasteiger partial charge in [-0.05, 0) is 50.3 Å². The van der Waals surface area contributed by atoms with Crippen LogP contribution in [-0.2, 0) is 11.3 Å². The molecule has 19 heavy (non-hydrogen) atoms. The van der Waals surface area contributed by atoms with Gasteiger partial charge >= 0.3 is 0 Å². The predicted molar refractivity (Wildman–Crippen MR) is 82.3 cm³/mol. The summed E-state index contributed by atoms with van der Waals surface area (Å²) in [7, 11) is 0. The summed E-state index contributed by atoms with van der Waals surface area (Å²) in [5.74, 6) is 0.133. The minimum atomic E-state index is 0.133. The van der Waals surface area contributed by atoms with Crippen molar-refractivity contribution in [3.63, 3.8) is 0 Å². The van der Waals surface area contributed by atoms with Crippen molar-refractivity contribution in [2.45, 2.75) is 53.5 Å². The van der Waals surface area contributed by atoms with Crippen LogP contribution in [0.15, 0.2) is 6.07 Å². The molecule has 0 unspecified atom stereocenters. The summed E-state index contributed by atoms with van der Waals surface area (Å²) < 4.78 is 0. The molecule has 0 fully saturated rings. The van der Waals surface area contributed by atoms with Crippen molar-refractivity contribution in [3.05, 3.63) is 21.4 Å². The van der Waals surface area contributed by atoms with Gasteiger partial charge in [-0.15, -0.1) is 11.3 Å². The van der Waals surface area contributed by atoms with Gasteiger partial charge in [0.1, 0.15) is 0 Å². The number of rotatable bonds is 7. The topological polar surface area (TPSA) is 55.1 Å². The summed E-state index contributed by atoms with van der Waals surface area (Å²) in [6.07, 6.45) is 2.43. The first-order chi connectivity index (χ1) is 8.84. The number of nitrogens with two attached hydrogens (primary N) is 1. The van der Waals surface area contributed by atoms with E-state index < -0.39 is 0 Å². The average Bonchev–Trinajstić information content (AvgIpc) is 2.64. The molecule has 3 N–H and O–H groups in total. The van der Waals surface area contributed by atoms with Crippen LogP contribution in [0.3, 0.4) is 0 Å². The molecular formula is C15H26N2OS. The zero-order valence-corrected chi connectivity index (χ0v) is 13.3. The average molecular weight is 282 g/mol. The summed E-state index contributed by atoms with van der Waals surface area (Å²) in [4.78, 5) is 14.4. The van der Waals surface area contributed by atoms with Crippen molar-refractivity contribution in [2.75, 3.05) is 6.54 Å². The smallest absolute Gasteiger partial charge is 0.220 e. The summed E-state index contributed by atoms with van der Waals surface area (Å²) >= 11 is 1.76. The maximum absolute atomic E-state index is 11.8. The molecule has 0 spiro atoms. The number of hydrogen-bond donors (Lipinski definition) is 2. The number of thiophene rings is 1. The molecule has 0 aliphatic carbocycles. The fourth-order valence-corrected chi connectivity index (χ4v) is 2.97. The molecule has 1 heterocycles. The molecule has 0 aromatic carbocycles. The third kappa shape index (κ3) is 5.74. The Morgan fingerprint density at radius 3 is 2.58 bits per heavy atom. The molecule has 1 aromatic rings. The van der Waals surface area contributed by atoms with Gasteiger partial charge in [0.15, 0.2) is 0 Å². The lowest BCUT2D eigenvalue weighted by atomic mass is 9.84. The number of nitrogens with one attached hydrogen (secondary N) is 1. The lowest BCUT2D eigenvalue weighted by Gasteiger charge is -2.23. The quantitative estimate of drug-likeness (QED) is 0.807. The van der Waals surface area contributed by atoms with E-state index >= 15 is 0 Å². The Balaban J connectivity index is 2.32. The Morgan fingerprint density at radius 1 is 1.37 bits per heavy atom. The van der Waals surface area contributed by atoms with Crippen molar-refractivity contribution in [1.82, 2.24) is 5.32 Å². The van der Waals surface area contributed by atoms with E-state index in [0.717, 1.165) is 12.8 Å². The van der Waals surface area contributed by atoms with Gasteiger partial charge in [0.2, 0.25) is 5.91 Å². The maximum atomic E-state index is 11.8. The summed E-state index contributed by atoms with van der Waals surface area (Å²) in [5, 5.41) is 2.99. The third-order valence-corrected chi connectivity index (χ3v) is 4.68. The monoisotopic (exact) mass is 282 g/mol. The van der Waals surface area contributed by atoms with Gasteiger partial charge in [-0.3, -0.25) is 4.79 Å². The van der Waals surface area contributed by atoms with Crippen LogP contribution >= 0.6 is 11.3 Å². The first-order valence-corrected chi connectivity index (χ1v) is 7.68. The first-order valence-electron chi connectivity index (χ1n) is 6.87. The molecule has 1 aromatic heterocycles. The SMILES string of the molecule is Cc1cc(CNC(=O)CCC(C)(C)CCN)sc1C. The highest BCUT2D eigenvalue weighted by Gasteiger charge is 2.18. The van der Waals surface area contributed by atoms with Crippen molar-refractivity contribution >= 4 is 17.2 Å². The molecule has 0 saturated heterocycles. The normalized spacial score (nSPS) is 11.6. The zero-order valence-electron chi connectivity index (χ0n) is 12.5. The van der Waals surface area contributed by atoms with Crippen LogP contribution in [0.4, 0.5) is 0 Å². The fraction of sp³-hybridized carbons (Fsp3) is 0.667. The highest BCUT2D eigenvalue weighted by Crippen LogP contribution is 2.26. The Labute approximate surface area is 120 Å². The molecule has 0 radical (unpaired) electrons. The number of amides is 1. The lowest BCUT2D eigenvalue weighted by molar-refractivity contribution is -0.121. The second-order valence-electron chi connectivity index (χ2n) is 5.93. The Morgan fingerprint density at radius 2 is 2.05 bits per heavy atom. The van der Waals surface area contributed by atoms with E-state index in [0.29, 0.717) is 19.5 Å². The number of carbonyl (C=O) groups is 1. The van der Waals surface area contributed by atoms with Gasteiger partial charge in [0.25, 0.3) is 0 Å². The van der Waals surface area contributed by atoms with Gasteiger partial charge in [-0.1, -0.05) is 13.8 Å². The summed E-state index contributed by atoms with van der Waals surface area (Å²) in [6, 6.07) is 2.15. The van der Waals surface area contributed by atoms with E-state index in [9.17, 15) is 4.79 Å². The Kier molecular flexibility index (Phi) is 6.01. The van der Waals surface area contributed by atoms with Crippen LogP contribution < -0.4 is 11.1 Å². The van der Waals surface area contributed by atoms with E-state index in [2.05, 4.69) is 39.1 Å². The van der Waals surface area contributed by atoms with E-state index in [-0.39, 0.29) is 11.3 Å². The molecule has 108 valence electrons. The van der Waals surface area contributed by atoms with Crippen molar-refractivity contribution in [2.24, 2.45) is 11.1 Å². The minimum Gasteiger partial charge on any atom is -0.351 e. The Bertz CT molecular complexity index is 404. The van der Waals surface area contributed by atoms with Crippen LogP contribution in [-0.4, -0.2) is 12.5 Å². The molecule has 0 aliphatic heterocycles. The van der Waals surface area contributed by atoms with Crippen LogP contribution in [0.5, 0.6) is 0 Å². The maximum Gasteiger partial charge on any atom is 0.220 e. The molecular weight excluding hydrogens is 256 g/mol. The Hall–Kier alpha value is -0.870. The van der Waals surface area contributed by atoms with Crippen LogP contribution in [0.1, 0.15) is 48.4 Å². The van der Waals surface area contributed by atoms with E-state index in [1.807, 2.05) is 0 Å². The molecule has 0 aliphatic rings. The minimum absolute atomic E-state index is 0.133. The van der Waals surface area contributed by atoms with Crippen molar-refractivity contribution in [3.8, 4) is 0 Å². The molecule has 3 nitrogen and oxygen atoms in total. The zero-order chi connectivity index (χ0) is 14.5. The third-order valence-electron chi connectivity index (χ3n) is 3.53. The van der Waals surface area contributed by atoms with Crippen molar-refractivity contribution in [1.29, 1.82) is 0 Å². The number of carbonyl (C=O) groups excluding carboxylic acids is 1. The van der Waals surface area contributed by atoms with Gasteiger partial charge in [0.05, 0.1) is 6.54 Å². The summed E-state index contributed by atoms with van der Waals surface area (Å²) in [5.41, 5.74) is 7.03. The number of hydrogen-bond acceptors (Lipinski definition) is 3. The molecule has 0 atom stereocenters. The van der Waals surface area contributed by atoms with Gasteiger partial charge in [0, 0.05) is 16.2 Å². The van der Waals surface area contributed by atoms with Gasteiger partial charge < -0.3 is 11.1 Å². The van der Waals surface area contributed by atoms with Gasteiger partial charge in [-0.25, -0.2) is 0 Å². The molecule has 0 bridgehead atoms. The largest absolute Gasteiger partial charge is 0.351 e. The summed E-state index contributed by atoms with van der Waals surface area (Å²) in [6.45, 7) is 9.88. The second kappa shape index (κ2) is 7.06. The highest BCUT2D eigenvalue weighted by atomic mass is 32.1. The van der Waals surface area contributed by atoms with E-state index in [1.165, 1.54) is 15.3 Å². The highest BCUT2D eigenvalue weighted by molar-refractivity contribution is 7.12. The van der Waals surface area contributed by atoms with Crippen LogP contribution in [0.2, 0.25) is 0 Å².